The van der Waals surface area contributed by atoms with Crippen LogP contribution in [0, 0.1) is 5.82 Å². The Morgan fingerprint density at radius 1 is 1.39 bits per heavy atom. The Hall–Kier alpha value is -1.32. The van der Waals surface area contributed by atoms with Crippen LogP contribution in [0.5, 0.6) is 0 Å². The second kappa shape index (κ2) is 5.55. The molecule has 2 nitrogen and oxygen atoms in total. The molecule has 2 aromatic rings. The number of aromatic nitrogens is 1. The third-order valence-electron chi connectivity index (χ3n) is 3.01. The molecule has 0 aliphatic rings. The van der Waals surface area contributed by atoms with Crippen molar-refractivity contribution in [1.29, 1.82) is 0 Å². The van der Waals surface area contributed by atoms with Crippen LogP contribution in [-0.4, -0.2) is 4.57 Å². The van der Waals surface area contributed by atoms with Gasteiger partial charge in [-0.2, -0.15) is 0 Å². The predicted molar refractivity (Wildman–Crippen MR) is 72.2 cm³/mol. The fourth-order valence-electron chi connectivity index (χ4n) is 1.86. The molecule has 1 unspecified atom stereocenters. The van der Waals surface area contributed by atoms with Crippen LogP contribution < -0.4 is 5.73 Å². The molecule has 0 radical (unpaired) electrons. The number of hydrogen-bond acceptors (Lipinski definition) is 1. The van der Waals surface area contributed by atoms with Gasteiger partial charge in [0.15, 0.2) is 0 Å². The van der Waals surface area contributed by atoms with Crippen LogP contribution in [0.1, 0.15) is 30.5 Å². The number of nitrogens with two attached hydrogens (primary N) is 1. The summed E-state index contributed by atoms with van der Waals surface area (Å²) < 4.78 is 14.9. The molecule has 18 heavy (non-hydrogen) atoms. The normalized spacial score (nSPS) is 12.7. The Morgan fingerprint density at radius 3 is 2.83 bits per heavy atom. The van der Waals surface area contributed by atoms with E-state index in [0.29, 0.717) is 11.6 Å². The number of halogens is 2. The van der Waals surface area contributed by atoms with Gasteiger partial charge in [-0.05, 0) is 35.7 Å². The predicted octanol–water partition coefficient (Wildman–Crippen LogP) is 3.74. The molecule has 1 atom stereocenters. The molecule has 0 saturated heterocycles. The van der Waals surface area contributed by atoms with E-state index in [2.05, 4.69) is 6.92 Å². The first-order valence-electron chi connectivity index (χ1n) is 5.95. The summed E-state index contributed by atoms with van der Waals surface area (Å²) in [5, 5.41) is 0.449. The minimum absolute atomic E-state index is 0.0648. The molecule has 0 aliphatic carbocycles. The lowest BCUT2D eigenvalue weighted by Gasteiger charge is -2.07. The minimum atomic E-state index is -0.315. The van der Waals surface area contributed by atoms with Crippen molar-refractivity contribution in [2.24, 2.45) is 5.73 Å². The topological polar surface area (TPSA) is 30.9 Å². The van der Waals surface area contributed by atoms with Gasteiger partial charge in [0.25, 0.3) is 0 Å². The maximum Gasteiger partial charge on any atom is 0.124 e. The van der Waals surface area contributed by atoms with Crippen LogP contribution in [0.15, 0.2) is 36.7 Å². The van der Waals surface area contributed by atoms with Gasteiger partial charge in [0.1, 0.15) is 5.82 Å². The standard InChI is InChI=1S/C14H16ClFN2/c1-2-14(17)11-5-6-18(9-11)8-10-3-4-12(16)7-13(10)15/h3-7,9,14H,2,8,17H2,1H3. The molecular weight excluding hydrogens is 251 g/mol. The highest BCUT2D eigenvalue weighted by atomic mass is 35.5. The second-order valence-corrected chi connectivity index (χ2v) is 4.77. The summed E-state index contributed by atoms with van der Waals surface area (Å²) in [6.07, 6.45) is 4.87. The highest BCUT2D eigenvalue weighted by Gasteiger charge is 2.07. The summed E-state index contributed by atoms with van der Waals surface area (Å²) in [7, 11) is 0. The Bertz CT molecular complexity index is 536. The van der Waals surface area contributed by atoms with Crippen LogP contribution in [0.25, 0.3) is 0 Å². The summed E-state index contributed by atoms with van der Waals surface area (Å²) in [5.74, 6) is -0.315. The van der Waals surface area contributed by atoms with Crippen LogP contribution in [0.3, 0.4) is 0 Å². The van der Waals surface area contributed by atoms with Gasteiger partial charge in [-0.25, -0.2) is 4.39 Å². The van der Waals surface area contributed by atoms with Gasteiger partial charge in [0.2, 0.25) is 0 Å². The smallest absolute Gasteiger partial charge is 0.124 e. The minimum Gasteiger partial charge on any atom is -0.350 e. The van der Waals surface area contributed by atoms with Gasteiger partial charge in [-0.15, -0.1) is 0 Å². The van der Waals surface area contributed by atoms with Crippen molar-refractivity contribution < 1.29 is 4.39 Å². The average molecular weight is 267 g/mol. The van der Waals surface area contributed by atoms with Crippen LogP contribution in [0.4, 0.5) is 4.39 Å². The highest BCUT2D eigenvalue weighted by Crippen LogP contribution is 2.20. The van der Waals surface area contributed by atoms with Crippen molar-refractivity contribution in [1.82, 2.24) is 4.57 Å². The van der Waals surface area contributed by atoms with Gasteiger partial charge in [0, 0.05) is 30.0 Å². The van der Waals surface area contributed by atoms with E-state index in [0.717, 1.165) is 17.5 Å². The van der Waals surface area contributed by atoms with E-state index in [4.69, 9.17) is 17.3 Å². The van der Waals surface area contributed by atoms with Crippen molar-refractivity contribution in [3.05, 3.63) is 58.6 Å². The molecule has 1 aromatic heterocycles. The monoisotopic (exact) mass is 266 g/mol. The molecule has 0 spiro atoms. The lowest BCUT2D eigenvalue weighted by molar-refractivity contribution is 0.626. The van der Waals surface area contributed by atoms with E-state index < -0.39 is 0 Å². The Labute approximate surface area is 111 Å². The number of nitrogens with zero attached hydrogens (tertiary/aromatic N) is 1. The van der Waals surface area contributed by atoms with Gasteiger partial charge >= 0.3 is 0 Å². The van der Waals surface area contributed by atoms with Crippen molar-refractivity contribution in [2.75, 3.05) is 0 Å². The zero-order valence-corrected chi connectivity index (χ0v) is 11.0. The van der Waals surface area contributed by atoms with E-state index in [1.54, 1.807) is 6.07 Å². The lowest BCUT2D eigenvalue weighted by Crippen LogP contribution is -2.07. The summed E-state index contributed by atoms with van der Waals surface area (Å²) >= 11 is 6.00. The molecule has 0 fully saturated rings. The van der Waals surface area contributed by atoms with Gasteiger partial charge < -0.3 is 10.3 Å². The Balaban J connectivity index is 2.16. The molecular formula is C14H16ClFN2. The van der Waals surface area contributed by atoms with Crippen LogP contribution in [-0.2, 0) is 6.54 Å². The Morgan fingerprint density at radius 2 is 2.17 bits per heavy atom. The molecule has 2 N–H and O–H groups in total. The van der Waals surface area contributed by atoms with E-state index in [9.17, 15) is 4.39 Å². The van der Waals surface area contributed by atoms with Crippen LogP contribution in [0.2, 0.25) is 5.02 Å². The average Bonchev–Trinajstić information content (AvgIpc) is 2.80. The lowest BCUT2D eigenvalue weighted by atomic mass is 10.1. The van der Waals surface area contributed by atoms with E-state index in [-0.39, 0.29) is 11.9 Å². The first kappa shape index (κ1) is 13.1. The highest BCUT2D eigenvalue weighted by molar-refractivity contribution is 6.31. The summed E-state index contributed by atoms with van der Waals surface area (Å²) in [6.45, 7) is 2.67. The largest absolute Gasteiger partial charge is 0.350 e. The molecule has 0 bridgehead atoms. The van der Waals surface area contributed by atoms with E-state index in [1.165, 1.54) is 12.1 Å². The van der Waals surface area contributed by atoms with Gasteiger partial charge in [0.05, 0.1) is 0 Å². The zero-order valence-electron chi connectivity index (χ0n) is 10.2. The third kappa shape index (κ3) is 2.92. The first-order valence-corrected chi connectivity index (χ1v) is 6.33. The van der Waals surface area contributed by atoms with E-state index >= 15 is 0 Å². The SMILES string of the molecule is CCC(N)c1ccn(Cc2ccc(F)cc2Cl)c1. The molecule has 1 heterocycles. The summed E-state index contributed by atoms with van der Waals surface area (Å²) in [4.78, 5) is 0. The van der Waals surface area contributed by atoms with Crippen molar-refractivity contribution in [3.8, 4) is 0 Å². The van der Waals surface area contributed by atoms with Crippen molar-refractivity contribution in [2.45, 2.75) is 25.9 Å². The summed E-state index contributed by atoms with van der Waals surface area (Å²) in [5.41, 5.74) is 7.96. The maximum atomic E-state index is 12.9. The van der Waals surface area contributed by atoms with Gasteiger partial charge in [-0.3, -0.25) is 0 Å². The molecule has 96 valence electrons. The molecule has 4 heteroatoms. The quantitative estimate of drug-likeness (QED) is 0.898. The number of benzene rings is 1. The summed E-state index contributed by atoms with van der Waals surface area (Å²) in [6, 6.07) is 6.53. The number of rotatable bonds is 4. The first-order chi connectivity index (χ1) is 8.60. The van der Waals surface area contributed by atoms with Gasteiger partial charge in [-0.1, -0.05) is 24.6 Å². The zero-order chi connectivity index (χ0) is 13.1. The fourth-order valence-corrected chi connectivity index (χ4v) is 2.09. The molecule has 0 saturated carbocycles. The number of hydrogen-bond donors (Lipinski definition) is 1. The maximum absolute atomic E-state index is 12.9. The Kier molecular flexibility index (Phi) is 4.04. The van der Waals surface area contributed by atoms with E-state index in [1.807, 2.05) is 23.0 Å². The third-order valence-corrected chi connectivity index (χ3v) is 3.36. The molecule has 0 amide bonds. The van der Waals surface area contributed by atoms with Crippen molar-refractivity contribution >= 4 is 11.6 Å². The van der Waals surface area contributed by atoms with Crippen LogP contribution >= 0.6 is 11.6 Å². The molecule has 2 rings (SSSR count). The second-order valence-electron chi connectivity index (χ2n) is 4.37. The fraction of sp³-hybridized carbons (Fsp3) is 0.286. The molecule has 1 aromatic carbocycles. The molecule has 0 aliphatic heterocycles. The van der Waals surface area contributed by atoms with Crippen molar-refractivity contribution in [3.63, 3.8) is 0 Å².